The maximum Gasteiger partial charge on any atom is 0.343 e. The number of allylic oxidation sites excluding steroid dienone is 1. The third kappa shape index (κ3) is 6.49. The van der Waals surface area contributed by atoms with Gasteiger partial charge in [-0.15, -0.1) is 0 Å². The largest absolute Gasteiger partial charge is 0.490 e. The summed E-state index contributed by atoms with van der Waals surface area (Å²) in [4.78, 5) is 44.0. The van der Waals surface area contributed by atoms with Crippen LogP contribution < -0.4 is 24.4 Å². The van der Waals surface area contributed by atoms with Gasteiger partial charge in [0.15, 0.2) is 22.9 Å². The molecule has 2 aromatic carbocycles. The van der Waals surface area contributed by atoms with Crippen molar-refractivity contribution >= 4 is 29.4 Å². The van der Waals surface area contributed by atoms with Crippen molar-refractivity contribution in [2.75, 3.05) is 26.9 Å². The molecule has 0 unspecified atom stereocenters. The molecule has 1 aliphatic heterocycles. The van der Waals surface area contributed by atoms with Gasteiger partial charge in [0.25, 0.3) is 5.56 Å². The molecule has 0 fully saturated rings. The van der Waals surface area contributed by atoms with Crippen molar-refractivity contribution in [3.8, 4) is 11.5 Å². The molecule has 0 aliphatic carbocycles. The van der Waals surface area contributed by atoms with E-state index in [1.165, 1.54) is 28.6 Å². The molecule has 1 aromatic heterocycles. The molecule has 0 spiro atoms. The van der Waals surface area contributed by atoms with Gasteiger partial charge in [0.1, 0.15) is 0 Å². The van der Waals surface area contributed by atoms with E-state index in [1.54, 1.807) is 32.0 Å². The van der Waals surface area contributed by atoms with Gasteiger partial charge in [0.2, 0.25) is 0 Å². The zero-order chi connectivity index (χ0) is 30.6. The van der Waals surface area contributed by atoms with Crippen molar-refractivity contribution in [1.82, 2.24) is 4.57 Å². The number of fused-ring (bicyclic) bond motifs is 1. The molecule has 0 amide bonds. The van der Waals surface area contributed by atoms with Crippen molar-refractivity contribution in [2.45, 2.75) is 53.0 Å². The monoisotopic (exact) mass is 592 g/mol. The number of carbonyl (C=O) groups is 2. The Morgan fingerprint density at radius 1 is 1.02 bits per heavy atom. The van der Waals surface area contributed by atoms with E-state index in [-0.39, 0.29) is 29.8 Å². The molecule has 222 valence electrons. The van der Waals surface area contributed by atoms with Crippen LogP contribution in [-0.2, 0) is 24.5 Å². The highest BCUT2D eigenvalue weighted by Crippen LogP contribution is 2.36. The Bertz CT molecular complexity index is 1690. The first-order chi connectivity index (χ1) is 20.0. The number of aromatic nitrogens is 1. The molecule has 9 nitrogen and oxygen atoms in total. The highest BCUT2D eigenvalue weighted by molar-refractivity contribution is 7.07. The van der Waals surface area contributed by atoms with Gasteiger partial charge in [0, 0.05) is 0 Å². The maximum atomic E-state index is 13.9. The van der Waals surface area contributed by atoms with E-state index in [9.17, 15) is 14.4 Å². The van der Waals surface area contributed by atoms with E-state index in [1.807, 2.05) is 25.1 Å². The lowest BCUT2D eigenvalue weighted by Crippen LogP contribution is -2.40. The number of hydrogen-bond donors (Lipinski definition) is 0. The van der Waals surface area contributed by atoms with Crippen LogP contribution in [0.3, 0.4) is 0 Å². The molecule has 1 atom stereocenters. The van der Waals surface area contributed by atoms with Crippen LogP contribution >= 0.6 is 11.3 Å². The minimum atomic E-state index is -0.820. The van der Waals surface area contributed by atoms with Crippen LogP contribution in [0.2, 0.25) is 0 Å². The summed E-state index contributed by atoms with van der Waals surface area (Å²) >= 11 is 1.26. The number of thiazole rings is 1. The van der Waals surface area contributed by atoms with Gasteiger partial charge in [-0.3, -0.25) is 9.36 Å². The number of benzene rings is 2. The highest BCUT2D eigenvalue weighted by Gasteiger charge is 2.34. The van der Waals surface area contributed by atoms with Crippen molar-refractivity contribution in [1.29, 1.82) is 0 Å². The number of ether oxygens (including phenoxy) is 4. The number of nitrogens with zero attached hydrogens (tertiary/aromatic N) is 2. The van der Waals surface area contributed by atoms with Gasteiger partial charge in [-0.2, -0.15) is 0 Å². The molecule has 4 rings (SSSR count). The van der Waals surface area contributed by atoms with Gasteiger partial charge >= 0.3 is 11.9 Å². The minimum Gasteiger partial charge on any atom is -0.490 e. The molecule has 0 bridgehead atoms. The Kier molecular flexibility index (Phi) is 9.36. The Morgan fingerprint density at radius 2 is 1.74 bits per heavy atom. The highest BCUT2D eigenvalue weighted by atomic mass is 32.1. The number of carbonyl (C=O) groups excluding carboxylic acids is 2. The fraction of sp³-hybridized carbons (Fsp3) is 0.375. The Labute approximate surface area is 248 Å². The summed E-state index contributed by atoms with van der Waals surface area (Å²) in [6.07, 6.45) is 1.84. The van der Waals surface area contributed by atoms with Gasteiger partial charge in [0.05, 0.1) is 42.2 Å². The topological polar surface area (TPSA) is 105 Å². The average Bonchev–Trinajstić information content (AvgIpc) is 3.25. The molecular formula is C32H36N2O7S. The Morgan fingerprint density at radius 3 is 2.36 bits per heavy atom. The van der Waals surface area contributed by atoms with Gasteiger partial charge < -0.3 is 18.9 Å². The fourth-order valence-corrected chi connectivity index (χ4v) is 5.66. The maximum absolute atomic E-state index is 13.9. The van der Waals surface area contributed by atoms with Crippen LogP contribution in [0.4, 0.5) is 0 Å². The van der Waals surface area contributed by atoms with Crippen molar-refractivity contribution in [3.05, 3.63) is 90.1 Å². The second-order valence-electron chi connectivity index (χ2n) is 10.7. The molecular weight excluding hydrogens is 556 g/mol. The summed E-state index contributed by atoms with van der Waals surface area (Å²) in [5.41, 5.74) is 3.14. The molecule has 1 aliphatic rings. The first kappa shape index (κ1) is 30.8. The average molecular weight is 593 g/mol. The molecule has 0 saturated carbocycles. The summed E-state index contributed by atoms with van der Waals surface area (Å²) in [7, 11) is 1.28. The third-order valence-electron chi connectivity index (χ3n) is 6.75. The van der Waals surface area contributed by atoms with Crippen LogP contribution in [-0.4, -0.2) is 43.4 Å². The van der Waals surface area contributed by atoms with Crippen LogP contribution in [0.5, 0.6) is 11.5 Å². The second-order valence-corrected chi connectivity index (χ2v) is 11.7. The van der Waals surface area contributed by atoms with Crippen LogP contribution in [0.1, 0.15) is 64.3 Å². The zero-order valence-electron chi connectivity index (χ0n) is 25.0. The first-order valence-electron chi connectivity index (χ1n) is 13.7. The fourth-order valence-electron chi connectivity index (χ4n) is 4.62. The third-order valence-corrected chi connectivity index (χ3v) is 7.73. The SMILES string of the molecule is CCOC(=O)C1=C(C)N=c2s/c(=C\c3ccc(C(C)(C)C)cc3)c(=O)n2[C@H]1c1ccc(OCC(=O)OC)c(OCC)c1. The number of hydrogen-bond acceptors (Lipinski definition) is 9. The quantitative estimate of drug-likeness (QED) is 0.345. The predicted octanol–water partition coefficient (Wildman–Crippen LogP) is 4.05. The van der Waals surface area contributed by atoms with Gasteiger partial charge in [-0.1, -0.05) is 62.4 Å². The normalized spacial score (nSPS) is 15.1. The standard InChI is InChI=1S/C32H36N2O7S/c1-8-39-24-17-21(12-15-23(24)41-18-26(35)38-7)28-27(30(37)40-9-2)19(3)33-31-34(28)29(36)25(42-31)16-20-10-13-22(14-11-20)32(4,5)6/h10-17,28H,8-9,18H2,1-7H3/b25-16-/t28-/m0/s1. The zero-order valence-corrected chi connectivity index (χ0v) is 25.8. The number of esters is 2. The smallest absolute Gasteiger partial charge is 0.343 e. The lowest BCUT2D eigenvalue weighted by molar-refractivity contribution is -0.143. The van der Waals surface area contributed by atoms with Crippen LogP contribution in [0.25, 0.3) is 6.08 Å². The van der Waals surface area contributed by atoms with E-state index < -0.39 is 18.0 Å². The number of rotatable bonds is 9. The molecule has 42 heavy (non-hydrogen) atoms. The van der Waals surface area contributed by atoms with Crippen molar-refractivity contribution in [2.24, 2.45) is 4.99 Å². The summed E-state index contributed by atoms with van der Waals surface area (Å²) in [5.74, 6) is -0.405. The summed E-state index contributed by atoms with van der Waals surface area (Å²) in [6.45, 7) is 11.9. The molecule has 3 aromatic rings. The summed E-state index contributed by atoms with van der Waals surface area (Å²) < 4.78 is 23.5. The molecule has 0 N–H and O–H groups in total. The lowest BCUT2D eigenvalue weighted by Gasteiger charge is -2.25. The molecule has 0 saturated heterocycles. The van der Waals surface area contributed by atoms with Crippen molar-refractivity contribution < 1.29 is 28.5 Å². The number of methoxy groups -OCH3 is 1. The van der Waals surface area contributed by atoms with Crippen LogP contribution in [0, 0.1) is 0 Å². The predicted molar refractivity (Wildman–Crippen MR) is 161 cm³/mol. The second kappa shape index (κ2) is 12.8. The van der Waals surface area contributed by atoms with Crippen LogP contribution in [0.15, 0.2) is 63.5 Å². The van der Waals surface area contributed by atoms with Crippen molar-refractivity contribution in [3.63, 3.8) is 0 Å². The van der Waals surface area contributed by atoms with Gasteiger partial charge in [-0.05, 0) is 61.1 Å². The molecule has 10 heteroatoms. The summed E-state index contributed by atoms with van der Waals surface area (Å²) in [6, 6.07) is 12.4. The minimum absolute atomic E-state index is 0.0130. The van der Waals surface area contributed by atoms with E-state index >= 15 is 0 Å². The van der Waals surface area contributed by atoms with E-state index in [4.69, 9.17) is 14.2 Å². The van der Waals surface area contributed by atoms with Gasteiger partial charge in [-0.25, -0.2) is 14.6 Å². The first-order valence-corrected chi connectivity index (χ1v) is 14.6. The molecule has 2 heterocycles. The Balaban J connectivity index is 1.87. The summed E-state index contributed by atoms with van der Waals surface area (Å²) in [5, 5.41) is 0. The van der Waals surface area contributed by atoms with E-state index in [0.29, 0.717) is 38.7 Å². The Hall–Kier alpha value is -4.18. The molecule has 0 radical (unpaired) electrons. The van der Waals surface area contributed by atoms with E-state index in [2.05, 4.69) is 42.6 Å². The van der Waals surface area contributed by atoms with E-state index in [0.717, 1.165) is 5.56 Å². The lowest BCUT2D eigenvalue weighted by atomic mass is 9.87.